The quantitative estimate of drug-likeness (QED) is 0.184. The monoisotopic (exact) mass is 527 g/mol. The van der Waals surface area contributed by atoms with Gasteiger partial charge in [-0.2, -0.15) is 13.2 Å². The smallest absolute Gasteiger partial charge is 0.416 e. The third kappa shape index (κ3) is 5.40. The van der Waals surface area contributed by atoms with Crippen molar-refractivity contribution >= 4 is 28.2 Å². The minimum absolute atomic E-state index is 0.175. The van der Waals surface area contributed by atoms with Gasteiger partial charge in [0, 0.05) is 40.7 Å². The van der Waals surface area contributed by atoms with Gasteiger partial charge >= 0.3 is 6.18 Å². The van der Waals surface area contributed by atoms with Gasteiger partial charge in [0.1, 0.15) is 12.1 Å². The second-order valence-corrected chi connectivity index (χ2v) is 8.45. The van der Waals surface area contributed by atoms with Crippen LogP contribution in [0.1, 0.15) is 5.56 Å². The summed E-state index contributed by atoms with van der Waals surface area (Å²) in [5.41, 5.74) is 10.3. The Bertz CT molecular complexity index is 1700. The number of ether oxygens (including phenoxy) is 1. The molecule has 0 bridgehead atoms. The maximum absolute atomic E-state index is 13.0. The SMILES string of the molecule is C=CC(=O)Nc1cccc(-c2cc(-c3ccc(Oc4cc(C(F)(F)F)ccn4)cc3)c(N)c3cncnc23)c1. The molecule has 0 saturated heterocycles. The van der Waals surface area contributed by atoms with Crippen LogP contribution in [0, 0.1) is 0 Å². The molecule has 0 aliphatic rings. The number of benzene rings is 3. The number of anilines is 2. The highest BCUT2D eigenvalue weighted by molar-refractivity contribution is 6.06. The number of fused-ring (bicyclic) bond motifs is 1. The van der Waals surface area contributed by atoms with E-state index in [0.717, 1.165) is 35.0 Å². The van der Waals surface area contributed by atoms with E-state index in [1.165, 1.54) is 12.4 Å². The van der Waals surface area contributed by atoms with Crippen LogP contribution >= 0.6 is 0 Å². The van der Waals surface area contributed by atoms with Crippen molar-refractivity contribution in [1.82, 2.24) is 15.0 Å². The predicted octanol–water partition coefficient (Wildman–Crippen LogP) is 6.88. The van der Waals surface area contributed by atoms with Gasteiger partial charge in [0.25, 0.3) is 0 Å². The van der Waals surface area contributed by atoms with Crippen molar-refractivity contribution in [2.45, 2.75) is 6.18 Å². The summed E-state index contributed by atoms with van der Waals surface area (Å²) in [6.07, 6.45) is 0.792. The summed E-state index contributed by atoms with van der Waals surface area (Å²) >= 11 is 0. The fraction of sp³-hybridized carbons (Fsp3) is 0.0345. The normalized spacial score (nSPS) is 11.3. The molecule has 0 radical (unpaired) electrons. The van der Waals surface area contributed by atoms with Gasteiger partial charge in [-0.3, -0.25) is 4.79 Å². The minimum atomic E-state index is -4.50. The molecule has 0 saturated carbocycles. The molecular formula is C29H20F3N5O2. The third-order valence-electron chi connectivity index (χ3n) is 5.91. The van der Waals surface area contributed by atoms with Crippen LogP contribution in [-0.2, 0) is 11.0 Å². The van der Waals surface area contributed by atoms with E-state index in [2.05, 4.69) is 26.8 Å². The second kappa shape index (κ2) is 10.3. The first-order valence-electron chi connectivity index (χ1n) is 11.6. The van der Waals surface area contributed by atoms with Gasteiger partial charge in [-0.1, -0.05) is 30.8 Å². The summed E-state index contributed by atoms with van der Waals surface area (Å²) in [5.74, 6) is -0.204. The standard InChI is InChI=1S/C29H20F3N5O2/c1-2-25(38)37-20-5-3-4-18(12-20)23-14-22(27(33)24-15-34-16-36-28(23)24)17-6-8-21(9-7-17)39-26-13-19(10-11-35-26)29(30,31)32/h2-16H,1,33H2,(H,37,38). The van der Waals surface area contributed by atoms with E-state index in [9.17, 15) is 18.0 Å². The molecule has 7 nitrogen and oxygen atoms in total. The molecule has 2 aromatic heterocycles. The molecule has 0 aliphatic heterocycles. The number of hydrogen-bond acceptors (Lipinski definition) is 6. The first-order valence-corrected chi connectivity index (χ1v) is 11.6. The van der Waals surface area contributed by atoms with Gasteiger partial charge in [0.15, 0.2) is 0 Å². The fourth-order valence-electron chi connectivity index (χ4n) is 4.06. The zero-order chi connectivity index (χ0) is 27.6. The number of halogens is 3. The van der Waals surface area contributed by atoms with Gasteiger partial charge in [-0.25, -0.2) is 15.0 Å². The van der Waals surface area contributed by atoms with Crippen molar-refractivity contribution in [3.05, 3.63) is 104 Å². The Labute approximate surface area is 220 Å². The van der Waals surface area contributed by atoms with Crippen LogP contribution in [-0.4, -0.2) is 20.9 Å². The van der Waals surface area contributed by atoms with Gasteiger partial charge in [-0.15, -0.1) is 0 Å². The molecule has 3 aromatic carbocycles. The van der Waals surface area contributed by atoms with E-state index in [-0.39, 0.29) is 11.8 Å². The number of carbonyl (C=O) groups excluding carboxylic acids is 1. The Kier molecular flexibility index (Phi) is 6.68. The summed E-state index contributed by atoms with van der Waals surface area (Å²) in [5, 5.41) is 3.39. The highest BCUT2D eigenvalue weighted by Crippen LogP contribution is 2.39. The molecule has 3 N–H and O–H groups in total. The average Bonchev–Trinajstić information content (AvgIpc) is 2.94. The summed E-state index contributed by atoms with van der Waals surface area (Å²) in [6, 6.07) is 17.6. The lowest BCUT2D eigenvalue weighted by Gasteiger charge is -2.15. The van der Waals surface area contributed by atoms with E-state index in [1.54, 1.807) is 36.5 Å². The van der Waals surface area contributed by atoms with Gasteiger partial charge < -0.3 is 15.8 Å². The number of rotatable bonds is 6. The maximum Gasteiger partial charge on any atom is 0.416 e. The largest absolute Gasteiger partial charge is 0.439 e. The molecule has 1 amide bonds. The minimum Gasteiger partial charge on any atom is -0.439 e. The Hall–Kier alpha value is -5.25. The number of pyridine rings is 1. The lowest BCUT2D eigenvalue weighted by atomic mass is 9.94. The fourth-order valence-corrected chi connectivity index (χ4v) is 4.06. The number of hydrogen-bond donors (Lipinski definition) is 2. The zero-order valence-corrected chi connectivity index (χ0v) is 20.2. The molecular weight excluding hydrogens is 507 g/mol. The van der Waals surface area contributed by atoms with Crippen molar-refractivity contribution in [3.8, 4) is 33.9 Å². The number of amides is 1. The Morgan fingerprint density at radius 2 is 1.77 bits per heavy atom. The van der Waals surface area contributed by atoms with E-state index in [0.29, 0.717) is 33.6 Å². The molecule has 10 heteroatoms. The summed E-state index contributed by atoms with van der Waals surface area (Å²) in [7, 11) is 0. The molecule has 5 rings (SSSR count). The molecule has 0 fully saturated rings. The Balaban J connectivity index is 1.52. The van der Waals surface area contributed by atoms with Crippen LogP contribution < -0.4 is 15.8 Å². The molecule has 0 aliphatic carbocycles. The molecule has 0 unspecified atom stereocenters. The van der Waals surface area contributed by atoms with E-state index < -0.39 is 11.7 Å². The maximum atomic E-state index is 13.0. The molecule has 2 heterocycles. The molecule has 0 spiro atoms. The van der Waals surface area contributed by atoms with E-state index in [1.807, 2.05) is 24.3 Å². The summed E-state index contributed by atoms with van der Waals surface area (Å²) in [4.78, 5) is 24.2. The first kappa shape index (κ1) is 25.4. The number of nitrogens with two attached hydrogens (primary N) is 1. The first-order chi connectivity index (χ1) is 18.7. The Morgan fingerprint density at radius 1 is 0.974 bits per heavy atom. The lowest BCUT2D eigenvalue weighted by molar-refractivity contribution is -0.137. The number of aromatic nitrogens is 3. The van der Waals surface area contributed by atoms with Crippen molar-refractivity contribution < 1.29 is 22.7 Å². The number of nitrogens with zero attached hydrogens (tertiary/aromatic N) is 3. The van der Waals surface area contributed by atoms with Crippen LogP contribution in [0.15, 0.2) is 98.1 Å². The highest BCUT2D eigenvalue weighted by Gasteiger charge is 2.31. The van der Waals surface area contributed by atoms with Crippen molar-refractivity contribution in [1.29, 1.82) is 0 Å². The van der Waals surface area contributed by atoms with Crippen molar-refractivity contribution in [2.24, 2.45) is 0 Å². The van der Waals surface area contributed by atoms with Crippen LogP contribution in [0.2, 0.25) is 0 Å². The van der Waals surface area contributed by atoms with E-state index in [4.69, 9.17) is 10.5 Å². The van der Waals surface area contributed by atoms with Crippen molar-refractivity contribution in [2.75, 3.05) is 11.1 Å². The summed E-state index contributed by atoms with van der Waals surface area (Å²) in [6.45, 7) is 3.48. The molecule has 194 valence electrons. The van der Waals surface area contributed by atoms with E-state index >= 15 is 0 Å². The van der Waals surface area contributed by atoms with Crippen molar-refractivity contribution in [3.63, 3.8) is 0 Å². The number of nitrogens with one attached hydrogen (secondary N) is 1. The van der Waals surface area contributed by atoms with Crippen LogP contribution in [0.5, 0.6) is 11.6 Å². The van der Waals surface area contributed by atoms with Gasteiger partial charge in [0.2, 0.25) is 11.8 Å². The number of nitrogen functional groups attached to an aromatic ring is 1. The molecule has 0 atom stereocenters. The second-order valence-electron chi connectivity index (χ2n) is 8.45. The Morgan fingerprint density at radius 3 is 2.51 bits per heavy atom. The third-order valence-corrected chi connectivity index (χ3v) is 5.91. The van der Waals surface area contributed by atoms with Gasteiger partial charge in [0.05, 0.1) is 16.8 Å². The predicted molar refractivity (Wildman–Crippen MR) is 143 cm³/mol. The van der Waals surface area contributed by atoms with Crippen LogP contribution in [0.3, 0.4) is 0 Å². The molecule has 39 heavy (non-hydrogen) atoms. The lowest BCUT2D eigenvalue weighted by Crippen LogP contribution is -2.07. The highest BCUT2D eigenvalue weighted by atomic mass is 19.4. The zero-order valence-electron chi connectivity index (χ0n) is 20.2. The topological polar surface area (TPSA) is 103 Å². The van der Waals surface area contributed by atoms with Gasteiger partial charge in [-0.05, 0) is 53.6 Å². The number of carbonyl (C=O) groups is 1. The average molecular weight is 528 g/mol. The summed E-state index contributed by atoms with van der Waals surface area (Å²) < 4.78 is 44.6. The van der Waals surface area contributed by atoms with Crippen LogP contribution in [0.25, 0.3) is 33.2 Å². The van der Waals surface area contributed by atoms with Crippen LogP contribution in [0.4, 0.5) is 24.5 Å². The number of alkyl halides is 3. The molecule has 5 aromatic rings.